The van der Waals surface area contributed by atoms with Crippen molar-refractivity contribution in [2.24, 2.45) is 5.92 Å². The molecule has 1 aliphatic heterocycles. The molecule has 1 aliphatic carbocycles. The molecule has 182 valence electrons. The van der Waals surface area contributed by atoms with Gasteiger partial charge in [0.2, 0.25) is 0 Å². The number of nitrogens with zero attached hydrogens (tertiary/aromatic N) is 4. The molecule has 2 aromatic heterocycles. The van der Waals surface area contributed by atoms with Crippen LogP contribution in [0.25, 0.3) is 10.8 Å². The monoisotopic (exact) mass is 478 g/mol. The maximum atomic E-state index is 13.9. The molecule has 0 radical (unpaired) electrons. The third-order valence-electron chi connectivity index (χ3n) is 7.22. The molecule has 7 heteroatoms. The third-order valence-corrected chi connectivity index (χ3v) is 7.22. The molecule has 1 atom stereocenters. The van der Waals surface area contributed by atoms with Gasteiger partial charge < -0.3 is 15.5 Å². The summed E-state index contributed by atoms with van der Waals surface area (Å²) in [6, 6.07) is 18.4. The van der Waals surface area contributed by atoms with Gasteiger partial charge in [-0.2, -0.15) is 5.10 Å². The highest BCUT2D eigenvalue weighted by Crippen LogP contribution is 2.43. The number of anilines is 2. The number of pyridine rings is 1. The number of fused-ring (bicyclic) bond motifs is 3. The first-order chi connectivity index (χ1) is 17.5. The molecular weight excluding hydrogens is 448 g/mol. The molecule has 0 saturated carbocycles. The molecule has 0 fully saturated rings. The van der Waals surface area contributed by atoms with Crippen molar-refractivity contribution < 1.29 is 4.79 Å². The zero-order valence-electron chi connectivity index (χ0n) is 20.8. The Labute approximate surface area is 210 Å². The number of allylic oxidation sites excluding steroid dienone is 1. The predicted molar refractivity (Wildman–Crippen MR) is 143 cm³/mol. The van der Waals surface area contributed by atoms with Gasteiger partial charge in [-0.1, -0.05) is 30.3 Å². The van der Waals surface area contributed by atoms with Gasteiger partial charge in [-0.05, 0) is 74.5 Å². The van der Waals surface area contributed by atoms with E-state index in [0.717, 1.165) is 58.6 Å². The molecular formula is C29H30N6O. The van der Waals surface area contributed by atoms with E-state index in [1.54, 1.807) is 6.20 Å². The molecule has 36 heavy (non-hydrogen) atoms. The summed E-state index contributed by atoms with van der Waals surface area (Å²) in [4.78, 5) is 20.2. The third kappa shape index (κ3) is 4.05. The molecule has 6 rings (SSSR count). The minimum absolute atomic E-state index is 0.0929. The van der Waals surface area contributed by atoms with E-state index in [1.807, 2.05) is 56.2 Å². The van der Waals surface area contributed by atoms with Gasteiger partial charge in [-0.3, -0.25) is 9.78 Å². The van der Waals surface area contributed by atoms with Crippen molar-refractivity contribution in [3.05, 3.63) is 95.1 Å². The molecule has 0 bridgehead atoms. The van der Waals surface area contributed by atoms with Gasteiger partial charge in [0, 0.05) is 41.8 Å². The lowest BCUT2D eigenvalue weighted by Gasteiger charge is -2.33. The topological polar surface area (TPSA) is 75.1 Å². The highest BCUT2D eigenvalue weighted by molar-refractivity contribution is 6.06. The number of carbonyl (C=O) groups is 1. The fourth-order valence-corrected chi connectivity index (χ4v) is 5.67. The van der Waals surface area contributed by atoms with Gasteiger partial charge in [0.1, 0.15) is 5.82 Å². The molecule has 7 nitrogen and oxygen atoms in total. The van der Waals surface area contributed by atoms with Crippen LogP contribution in [0, 0.1) is 5.92 Å². The lowest BCUT2D eigenvalue weighted by molar-refractivity contribution is -0.113. The number of rotatable bonds is 5. The number of benzene rings is 2. The quantitative estimate of drug-likeness (QED) is 0.432. The van der Waals surface area contributed by atoms with Gasteiger partial charge in [0.25, 0.3) is 5.91 Å². The molecule has 4 aromatic rings. The number of carbonyl (C=O) groups excluding carboxylic acids is 1. The Bertz CT molecular complexity index is 1480. The van der Waals surface area contributed by atoms with Gasteiger partial charge >= 0.3 is 0 Å². The number of aromatic nitrogens is 3. The summed E-state index contributed by atoms with van der Waals surface area (Å²) in [5, 5.41) is 13.7. The Balaban J connectivity index is 1.37. The van der Waals surface area contributed by atoms with Crippen molar-refractivity contribution in [2.75, 3.05) is 24.7 Å². The summed E-state index contributed by atoms with van der Waals surface area (Å²) in [7, 11) is 4.08. The zero-order valence-corrected chi connectivity index (χ0v) is 20.8. The highest BCUT2D eigenvalue weighted by Gasteiger charge is 2.40. The van der Waals surface area contributed by atoms with Crippen molar-refractivity contribution in [1.29, 1.82) is 0 Å². The summed E-state index contributed by atoms with van der Waals surface area (Å²) in [6.45, 7) is 2.74. The first-order valence-corrected chi connectivity index (χ1v) is 12.4. The van der Waals surface area contributed by atoms with Crippen LogP contribution in [-0.4, -0.2) is 39.7 Å². The smallest absolute Gasteiger partial charge is 0.255 e. The minimum Gasteiger partial charge on any atom is -0.344 e. The van der Waals surface area contributed by atoms with E-state index < -0.39 is 0 Å². The lowest BCUT2D eigenvalue weighted by Crippen LogP contribution is -2.35. The molecule has 2 aliphatic rings. The molecule has 2 N–H and O–H groups in total. The highest BCUT2D eigenvalue weighted by atomic mass is 16.1. The van der Waals surface area contributed by atoms with Crippen LogP contribution in [0.1, 0.15) is 29.8 Å². The Morgan fingerprint density at radius 1 is 1.08 bits per heavy atom. The van der Waals surface area contributed by atoms with Crippen LogP contribution >= 0.6 is 0 Å². The molecule has 0 saturated heterocycles. The van der Waals surface area contributed by atoms with Gasteiger partial charge in [-0.25, -0.2) is 4.68 Å². The second-order valence-corrected chi connectivity index (χ2v) is 10.1. The maximum Gasteiger partial charge on any atom is 0.255 e. The van der Waals surface area contributed by atoms with E-state index in [2.05, 4.69) is 50.8 Å². The number of amides is 1. The number of nitrogens with one attached hydrogen (secondary N) is 2. The Hall–Kier alpha value is -3.97. The van der Waals surface area contributed by atoms with E-state index in [4.69, 9.17) is 5.10 Å². The lowest BCUT2D eigenvalue weighted by atomic mass is 9.87. The van der Waals surface area contributed by atoms with E-state index in [1.165, 1.54) is 11.1 Å². The molecule has 1 unspecified atom stereocenters. The van der Waals surface area contributed by atoms with Crippen molar-refractivity contribution in [3.8, 4) is 0 Å². The van der Waals surface area contributed by atoms with Crippen LogP contribution in [0.15, 0.2) is 78.3 Å². The predicted octanol–water partition coefficient (Wildman–Crippen LogP) is 4.79. The van der Waals surface area contributed by atoms with Crippen molar-refractivity contribution in [2.45, 2.75) is 32.4 Å². The standard InChI is InChI=1S/C29H30N6O/c1-18-27(29(36)32-24-9-8-22-16-30-11-10-21(22)14-24)28(23-12-19-6-4-5-7-20(19)13-23)35-26(31-18)15-25(33-35)17-34(2)3/h4-11,14-16,23,28,31H,12-13,17H2,1-3H3,(H,32,36). The summed E-state index contributed by atoms with van der Waals surface area (Å²) < 4.78 is 2.04. The Morgan fingerprint density at radius 3 is 2.61 bits per heavy atom. The second-order valence-electron chi connectivity index (χ2n) is 10.1. The maximum absolute atomic E-state index is 13.9. The van der Waals surface area contributed by atoms with E-state index in [-0.39, 0.29) is 17.9 Å². The van der Waals surface area contributed by atoms with E-state index in [0.29, 0.717) is 0 Å². The average molecular weight is 479 g/mol. The van der Waals surface area contributed by atoms with Crippen molar-refractivity contribution in [3.63, 3.8) is 0 Å². The summed E-state index contributed by atoms with van der Waals surface area (Å²) in [6.07, 6.45) is 5.45. The summed E-state index contributed by atoms with van der Waals surface area (Å²) >= 11 is 0. The summed E-state index contributed by atoms with van der Waals surface area (Å²) in [5.74, 6) is 1.10. The summed E-state index contributed by atoms with van der Waals surface area (Å²) in [5.41, 5.74) is 6.11. The minimum atomic E-state index is -0.158. The van der Waals surface area contributed by atoms with Gasteiger partial charge in [0.05, 0.1) is 17.3 Å². The number of hydrogen-bond acceptors (Lipinski definition) is 5. The second kappa shape index (κ2) is 8.91. The number of hydrogen-bond donors (Lipinski definition) is 2. The average Bonchev–Trinajstić information content (AvgIpc) is 3.46. The fraction of sp³-hybridized carbons (Fsp3) is 0.276. The van der Waals surface area contributed by atoms with Crippen LogP contribution in [0.3, 0.4) is 0 Å². The first-order valence-electron chi connectivity index (χ1n) is 12.4. The molecule has 3 heterocycles. The fourth-order valence-electron chi connectivity index (χ4n) is 5.67. The van der Waals surface area contributed by atoms with Crippen molar-refractivity contribution >= 4 is 28.2 Å². The zero-order chi connectivity index (χ0) is 24.8. The van der Waals surface area contributed by atoms with E-state index >= 15 is 0 Å². The van der Waals surface area contributed by atoms with Crippen LogP contribution in [0.2, 0.25) is 0 Å². The van der Waals surface area contributed by atoms with Crippen LogP contribution in [0.4, 0.5) is 11.5 Å². The SMILES string of the molecule is CC1=C(C(=O)Nc2ccc3cnccc3c2)C(C2Cc3ccccc3C2)n2nc(CN(C)C)cc2N1. The Kier molecular flexibility index (Phi) is 5.57. The largest absolute Gasteiger partial charge is 0.344 e. The Morgan fingerprint density at radius 2 is 1.86 bits per heavy atom. The van der Waals surface area contributed by atoms with Gasteiger partial charge in [0.15, 0.2) is 0 Å². The normalized spacial score (nSPS) is 17.3. The van der Waals surface area contributed by atoms with Crippen LogP contribution in [-0.2, 0) is 24.2 Å². The molecule has 0 spiro atoms. The van der Waals surface area contributed by atoms with Crippen LogP contribution in [0.5, 0.6) is 0 Å². The first kappa shape index (κ1) is 22.5. The molecule has 2 aromatic carbocycles. The van der Waals surface area contributed by atoms with Crippen LogP contribution < -0.4 is 10.6 Å². The molecule has 1 amide bonds. The van der Waals surface area contributed by atoms with E-state index in [9.17, 15) is 4.79 Å². The van der Waals surface area contributed by atoms with Crippen molar-refractivity contribution in [1.82, 2.24) is 19.7 Å². The van der Waals surface area contributed by atoms with Gasteiger partial charge in [-0.15, -0.1) is 0 Å².